The minimum absolute atomic E-state index is 0.0624. The van der Waals surface area contributed by atoms with Crippen molar-refractivity contribution in [3.05, 3.63) is 64.7 Å². The van der Waals surface area contributed by atoms with E-state index in [0.717, 1.165) is 11.3 Å². The summed E-state index contributed by atoms with van der Waals surface area (Å²) >= 11 is 6.05. The minimum atomic E-state index is -0.553. The topological polar surface area (TPSA) is 32.3 Å². The molecule has 0 aromatic heterocycles. The summed E-state index contributed by atoms with van der Waals surface area (Å²) in [7, 11) is 0. The van der Waals surface area contributed by atoms with Gasteiger partial charge in [-0.3, -0.25) is 0 Å². The lowest BCUT2D eigenvalue weighted by Crippen LogP contribution is -2.38. The van der Waals surface area contributed by atoms with E-state index in [1.54, 1.807) is 0 Å². The van der Waals surface area contributed by atoms with Gasteiger partial charge >= 0.3 is 0 Å². The van der Waals surface area contributed by atoms with Crippen molar-refractivity contribution in [3.8, 4) is 0 Å². The fraction of sp³-hybridized carbons (Fsp3) is 0.294. The molecule has 1 aliphatic heterocycles. The zero-order valence-corrected chi connectivity index (χ0v) is 12.4. The van der Waals surface area contributed by atoms with Gasteiger partial charge in [0.25, 0.3) is 0 Å². The van der Waals surface area contributed by atoms with Gasteiger partial charge in [-0.05, 0) is 23.8 Å². The molecule has 1 aliphatic rings. The van der Waals surface area contributed by atoms with Crippen molar-refractivity contribution < 1.29 is 5.11 Å². The van der Waals surface area contributed by atoms with Crippen LogP contribution in [0.1, 0.15) is 37.1 Å². The number of hydrogen-bond donors (Lipinski definition) is 2. The average Bonchev–Trinajstić information content (AvgIpc) is 2.44. The Morgan fingerprint density at radius 3 is 2.50 bits per heavy atom. The van der Waals surface area contributed by atoms with Gasteiger partial charge in [-0.1, -0.05) is 55.8 Å². The third-order valence-corrected chi connectivity index (χ3v) is 4.42. The van der Waals surface area contributed by atoms with E-state index in [1.165, 1.54) is 5.56 Å². The standard InChI is InChI=1S/C17H18ClNO/c1-17(2)15(11-6-4-3-5-7-11)19-14-9-8-12(18)10-13(14)16(17)20/h3-10,15-16,19-20H,1-2H3. The van der Waals surface area contributed by atoms with Crippen LogP contribution in [-0.2, 0) is 0 Å². The van der Waals surface area contributed by atoms with Crippen molar-refractivity contribution >= 4 is 17.3 Å². The third kappa shape index (κ3) is 2.09. The lowest BCUT2D eigenvalue weighted by atomic mass is 9.71. The van der Waals surface area contributed by atoms with Crippen molar-refractivity contribution in [2.24, 2.45) is 5.41 Å². The molecule has 1 heterocycles. The summed E-state index contributed by atoms with van der Waals surface area (Å²) in [5, 5.41) is 14.9. The van der Waals surface area contributed by atoms with E-state index in [4.69, 9.17) is 11.6 Å². The zero-order chi connectivity index (χ0) is 14.3. The molecule has 0 amide bonds. The van der Waals surface area contributed by atoms with Gasteiger partial charge in [-0.25, -0.2) is 0 Å². The van der Waals surface area contributed by atoms with Gasteiger partial charge in [0.15, 0.2) is 0 Å². The fourth-order valence-corrected chi connectivity index (χ4v) is 3.13. The highest BCUT2D eigenvalue weighted by molar-refractivity contribution is 6.30. The molecule has 104 valence electrons. The number of benzene rings is 2. The van der Waals surface area contributed by atoms with Crippen molar-refractivity contribution in [2.75, 3.05) is 5.32 Å². The van der Waals surface area contributed by atoms with E-state index in [1.807, 2.05) is 36.4 Å². The smallest absolute Gasteiger partial charge is 0.0884 e. The van der Waals surface area contributed by atoms with Crippen LogP contribution in [0, 0.1) is 5.41 Å². The van der Waals surface area contributed by atoms with Gasteiger partial charge in [-0.15, -0.1) is 0 Å². The first-order chi connectivity index (χ1) is 9.50. The van der Waals surface area contributed by atoms with E-state index in [0.29, 0.717) is 5.02 Å². The van der Waals surface area contributed by atoms with Crippen molar-refractivity contribution in [1.29, 1.82) is 0 Å². The molecule has 0 aliphatic carbocycles. The van der Waals surface area contributed by atoms with Crippen LogP contribution in [0.4, 0.5) is 5.69 Å². The molecule has 0 saturated heterocycles. The second kappa shape index (κ2) is 4.80. The van der Waals surface area contributed by atoms with Gasteiger partial charge in [0, 0.05) is 21.7 Å². The van der Waals surface area contributed by atoms with Crippen LogP contribution < -0.4 is 5.32 Å². The Morgan fingerprint density at radius 1 is 1.10 bits per heavy atom. The first kappa shape index (κ1) is 13.5. The largest absolute Gasteiger partial charge is 0.388 e. The zero-order valence-electron chi connectivity index (χ0n) is 11.6. The van der Waals surface area contributed by atoms with Crippen LogP contribution in [0.15, 0.2) is 48.5 Å². The first-order valence-corrected chi connectivity index (χ1v) is 7.17. The van der Waals surface area contributed by atoms with E-state index in [-0.39, 0.29) is 11.5 Å². The minimum Gasteiger partial charge on any atom is -0.388 e. The van der Waals surface area contributed by atoms with Crippen molar-refractivity contribution in [2.45, 2.75) is 26.0 Å². The highest BCUT2D eigenvalue weighted by Gasteiger charge is 2.43. The van der Waals surface area contributed by atoms with Gasteiger partial charge in [-0.2, -0.15) is 0 Å². The molecular formula is C17H18ClNO. The molecule has 2 unspecified atom stereocenters. The maximum atomic E-state index is 10.7. The SMILES string of the molecule is CC1(C)C(O)c2cc(Cl)ccc2NC1c1ccccc1. The molecule has 20 heavy (non-hydrogen) atoms. The number of fused-ring (bicyclic) bond motifs is 1. The molecule has 3 rings (SSSR count). The number of aliphatic hydroxyl groups is 1. The molecule has 0 saturated carbocycles. The summed E-state index contributed by atoms with van der Waals surface area (Å²) in [6.07, 6.45) is -0.553. The highest BCUT2D eigenvalue weighted by Crippen LogP contribution is 2.51. The van der Waals surface area contributed by atoms with Crippen LogP contribution in [0.5, 0.6) is 0 Å². The fourth-order valence-electron chi connectivity index (χ4n) is 2.95. The molecule has 0 radical (unpaired) electrons. The van der Waals surface area contributed by atoms with Crippen LogP contribution in [-0.4, -0.2) is 5.11 Å². The molecule has 2 nitrogen and oxygen atoms in total. The molecule has 0 bridgehead atoms. The number of hydrogen-bond acceptors (Lipinski definition) is 2. The molecular weight excluding hydrogens is 270 g/mol. The normalized spacial score (nSPS) is 23.8. The summed E-state index contributed by atoms with van der Waals surface area (Å²) in [6, 6.07) is 15.9. The number of nitrogens with one attached hydrogen (secondary N) is 1. The van der Waals surface area contributed by atoms with Crippen LogP contribution in [0.25, 0.3) is 0 Å². The maximum absolute atomic E-state index is 10.7. The summed E-state index contributed by atoms with van der Waals surface area (Å²) in [6.45, 7) is 4.15. The second-order valence-electron chi connectivity index (χ2n) is 5.94. The quantitative estimate of drug-likeness (QED) is 0.805. The molecule has 0 spiro atoms. The second-order valence-corrected chi connectivity index (χ2v) is 6.38. The van der Waals surface area contributed by atoms with E-state index in [2.05, 4.69) is 31.3 Å². The van der Waals surface area contributed by atoms with Gasteiger partial charge in [0.1, 0.15) is 0 Å². The van der Waals surface area contributed by atoms with E-state index >= 15 is 0 Å². The molecule has 2 aromatic rings. The molecule has 2 N–H and O–H groups in total. The van der Waals surface area contributed by atoms with Crippen molar-refractivity contribution in [3.63, 3.8) is 0 Å². The Hall–Kier alpha value is -1.51. The van der Waals surface area contributed by atoms with Crippen LogP contribution in [0.3, 0.4) is 0 Å². The number of rotatable bonds is 1. The van der Waals surface area contributed by atoms with Gasteiger partial charge < -0.3 is 10.4 Å². The molecule has 0 fully saturated rings. The number of anilines is 1. The summed E-state index contributed by atoms with van der Waals surface area (Å²) in [4.78, 5) is 0. The molecule has 3 heteroatoms. The van der Waals surface area contributed by atoms with Crippen LogP contribution in [0.2, 0.25) is 5.02 Å². The molecule has 2 aromatic carbocycles. The predicted molar refractivity (Wildman–Crippen MR) is 83.0 cm³/mol. The Balaban J connectivity index is 2.09. The average molecular weight is 288 g/mol. The Kier molecular flexibility index (Phi) is 3.23. The van der Waals surface area contributed by atoms with Gasteiger partial charge in [0.2, 0.25) is 0 Å². The maximum Gasteiger partial charge on any atom is 0.0884 e. The Bertz CT molecular complexity index is 624. The Labute approximate surface area is 124 Å². The van der Waals surface area contributed by atoms with Crippen molar-refractivity contribution in [1.82, 2.24) is 0 Å². The Morgan fingerprint density at radius 2 is 1.80 bits per heavy atom. The predicted octanol–water partition coefficient (Wildman–Crippen LogP) is 4.57. The number of halogens is 1. The highest BCUT2D eigenvalue weighted by atomic mass is 35.5. The lowest BCUT2D eigenvalue weighted by molar-refractivity contribution is 0.0290. The summed E-state index contributed by atoms with van der Waals surface area (Å²) in [5.41, 5.74) is 2.68. The number of aliphatic hydroxyl groups excluding tert-OH is 1. The van der Waals surface area contributed by atoms with E-state index in [9.17, 15) is 5.11 Å². The first-order valence-electron chi connectivity index (χ1n) is 6.79. The van der Waals surface area contributed by atoms with Gasteiger partial charge in [0.05, 0.1) is 12.1 Å². The summed E-state index contributed by atoms with van der Waals surface area (Å²) in [5.74, 6) is 0. The molecule has 2 atom stereocenters. The monoisotopic (exact) mass is 287 g/mol. The summed E-state index contributed by atoms with van der Waals surface area (Å²) < 4.78 is 0. The van der Waals surface area contributed by atoms with E-state index < -0.39 is 6.10 Å². The third-order valence-electron chi connectivity index (χ3n) is 4.19. The van der Waals surface area contributed by atoms with Crippen LogP contribution >= 0.6 is 11.6 Å². The lowest BCUT2D eigenvalue weighted by Gasteiger charge is -2.45.